The summed E-state index contributed by atoms with van der Waals surface area (Å²) in [6.45, 7) is 4.54. The molecule has 2 bridgehead atoms. The zero-order chi connectivity index (χ0) is 17.4. The topological polar surface area (TPSA) is 54.5 Å². The van der Waals surface area contributed by atoms with Crippen molar-refractivity contribution >= 4 is 17.2 Å². The number of benzene rings is 1. The van der Waals surface area contributed by atoms with Gasteiger partial charge >= 0.3 is 0 Å². The van der Waals surface area contributed by atoms with Crippen LogP contribution in [0.4, 0.5) is 0 Å². The van der Waals surface area contributed by atoms with E-state index in [4.69, 9.17) is 4.74 Å². The van der Waals surface area contributed by atoms with Crippen LogP contribution in [0.3, 0.4) is 0 Å². The fraction of sp³-hybridized carbons (Fsp3) is 0.474. The number of thiazole rings is 1. The number of hydrogen-bond acceptors (Lipinski definition) is 5. The normalized spacial score (nSPS) is 27.9. The Morgan fingerprint density at radius 1 is 1.32 bits per heavy atom. The van der Waals surface area contributed by atoms with Crippen molar-refractivity contribution in [3.63, 3.8) is 0 Å². The van der Waals surface area contributed by atoms with Crippen LogP contribution < -0.4 is 10.1 Å². The largest absolute Gasteiger partial charge is 0.496 e. The molecular weight excluding hydrogens is 334 g/mol. The van der Waals surface area contributed by atoms with Crippen LogP contribution in [0.2, 0.25) is 0 Å². The second kappa shape index (κ2) is 6.77. The maximum absolute atomic E-state index is 12.7. The number of nitrogens with zero attached hydrogens (tertiary/aromatic N) is 2. The summed E-state index contributed by atoms with van der Waals surface area (Å²) in [5.41, 5.74) is 0.970. The van der Waals surface area contributed by atoms with Gasteiger partial charge in [-0.25, -0.2) is 4.98 Å². The third-order valence-corrected chi connectivity index (χ3v) is 6.58. The first-order valence-corrected chi connectivity index (χ1v) is 9.63. The number of fused-ring (bicyclic) bond motifs is 3. The minimum absolute atomic E-state index is 0.0586. The first kappa shape index (κ1) is 16.5. The highest BCUT2D eigenvalue weighted by Gasteiger charge is 2.40. The average molecular weight is 357 g/mol. The zero-order valence-electron chi connectivity index (χ0n) is 14.6. The summed E-state index contributed by atoms with van der Waals surface area (Å²) in [4.78, 5) is 20.5. The van der Waals surface area contributed by atoms with Gasteiger partial charge in [0.1, 0.15) is 5.75 Å². The number of amides is 1. The molecule has 6 heteroatoms. The molecule has 5 rings (SSSR count). The maximum Gasteiger partial charge on any atom is 0.280 e. The van der Waals surface area contributed by atoms with Gasteiger partial charge in [0.05, 0.1) is 12.0 Å². The zero-order valence-corrected chi connectivity index (χ0v) is 15.4. The molecule has 0 saturated carbocycles. The Balaban J connectivity index is 1.51. The van der Waals surface area contributed by atoms with Crippen LogP contribution in [-0.4, -0.2) is 48.1 Å². The minimum Gasteiger partial charge on any atom is -0.496 e. The van der Waals surface area contributed by atoms with E-state index in [0.717, 1.165) is 29.3 Å². The summed E-state index contributed by atoms with van der Waals surface area (Å²) in [5.74, 6) is 1.33. The minimum atomic E-state index is -0.0586. The molecule has 1 aromatic carbocycles. The Morgan fingerprint density at radius 3 is 2.80 bits per heavy atom. The Bertz CT molecular complexity index is 766. The van der Waals surface area contributed by atoms with Crippen LogP contribution in [0.5, 0.6) is 5.75 Å². The van der Waals surface area contributed by atoms with Crippen molar-refractivity contribution in [1.29, 1.82) is 0 Å². The molecular formula is C19H23N3O2S. The third-order valence-electron chi connectivity index (χ3n) is 5.55. The lowest BCUT2D eigenvalue weighted by atomic mass is 9.79. The number of para-hydroxylation sites is 1. The van der Waals surface area contributed by atoms with Crippen LogP contribution in [0.25, 0.3) is 10.4 Å². The number of nitrogens with one attached hydrogen (secondary N) is 1. The summed E-state index contributed by atoms with van der Waals surface area (Å²) in [6, 6.07) is 8.45. The summed E-state index contributed by atoms with van der Waals surface area (Å²) in [6.07, 6.45) is 4.12. The van der Waals surface area contributed by atoms with Gasteiger partial charge in [0.2, 0.25) is 0 Å². The first-order chi connectivity index (χ1) is 12.2. The van der Waals surface area contributed by atoms with Gasteiger partial charge in [0.25, 0.3) is 5.91 Å². The Hall–Kier alpha value is -1.92. The van der Waals surface area contributed by atoms with Gasteiger partial charge in [-0.2, -0.15) is 0 Å². The van der Waals surface area contributed by atoms with Crippen molar-refractivity contribution in [1.82, 2.24) is 15.2 Å². The van der Waals surface area contributed by atoms with Crippen molar-refractivity contribution < 1.29 is 9.53 Å². The van der Waals surface area contributed by atoms with Gasteiger partial charge in [-0.1, -0.05) is 12.1 Å². The molecule has 0 radical (unpaired) electrons. The molecule has 25 heavy (non-hydrogen) atoms. The molecule has 1 amide bonds. The molecule has 2 aromatic rings. The second-order valence-electron chi connectivity index (χ2n) is 6.84. The molecule has 3 aliphatic rings. The van der Waals surface area contributed by atoms with Crippen molar-refractivity contribution in [2.45, 2.75) is 31.8 Å². The van der Waals surface area contributed by atoms with Gasteiger partial charge in [-0.15, -0.1) is 11.3 Å². The number of piperidine rings is 3. The molecule has 3 fully saturated rings. The van der Waals surface area contributed by atoms with Crippen LogP contribution in [0, 0.1) is 5.92 Å². The van der Waals surface area contributed by atoms with Crippen LogP contribution >= 0.6 is 11.3 Å². The fourth-order valence-corrected chi connectivity index (χ4v) is 4.96. The van der Waals surface area contributed by atoms with Gasteiger partial charge in [-0.05, 0) is 50.9 Å². The predicted octanol–water partition coefficient (Wildman–Crippen LogP) is 3.03. The molecule has 3 aliphatic heterocycles. The highest BCUT2D eigenvalue weighted by atomic mass is 32.1. The van der Waals surface area contributed by atoms with Crippen LogP contribution in [0.1, 0.15) is 29.6 Å². The number of carbonyl (C=O) groups excluding carboxylic acids is 1. The number of hydrogen-bond donors (Lipinski definition) is 1. The standard InChI is InChI=1S/C19H23N3O2S/c1-12-17(13-7-9-22(12)10-8-13)21-18(23)19-20-11-16(25-19)14-5-3-4-6-15(14)24-2/h3-6,11-13,17H,7-10H2,1-2H3,(H,21,23)/t12-,17-/m0/s1. The van der Waals surface area contributed by atoms with Crippen LogP contribution in [-0.2, 0) is 0 Å². The van der Waals surface area contributed by atoms with Gasteiger partial charge in [-0.3, -0.25) is 9.69 Å². The van der Waals surface area contributed by atoms with E-state index in [1.165, 1.54) is 24.2 Å². The number of aromatic nitrogens is 1. The summed E-state index contributed by atoms with van der Waals surface area (Å²) in [5, 5.41) is 3.76. The maximum atomic E-state index is 12.7. The molecule has 0 spiro atoms. The lowest BCUT2D eigenvalue weighted by molar-refractivity contribution is 0.0217. The predicted molar refractivity (Wildman–Crippen MR) is 99.1 cm³/mol. The van der Waals surface area contributed by atoms with E-state index < -0.39 is 0 Å². The van der Waals surface area contributed by atoms with E-state index in [0.29, 0.717) is 17.0 Å². The molecule has 2 atom stereocenters. The Kier molecular flexibility index (Phi) is 4.48. The number of ether oxygens (including phenoxy) is 1. The lowest BCUT2D eigenvalue weighted by Gasteiger charge is -2.49. The molecule has 132 valence electrons. The molecule has 5 nitrogen and oxygen atoms in total. The molecule has 0 unspecified atom stereocenters. The molecule has 3 saturated heterocycles. The van der Waals surface area contributed by atoms with E-state index >= 15 is 0 Å². The molecule has 1 aromatic heterocycles. The second-order valence-corrected chi connectivity index (χ2v) is 7.87. The number of carbonyl (C=O) groups is 1. The smallest absolute Gasteiger partial charge is 0.280 e. The fourth-order valence-electron chi connectivity index (χ4n) is 4.11. The average Bonchev–Trinajstić information content (AvgIpc) is 3.15. The van der Waals surface area contributed by atoms with Gasteiger partial charge in [0.15, 0.2) is 5.01 Å². The molecule has 0 aliphatic carbocycles. The summed E-state index contributed by atoms with van der Waals surface area (Å²) < 4.78 is 5.41. The number of methoxy groups -OCH3 is 1. The Labute approximate surface area is 152 Å². The van der Waals surface area contributed by atoms with Crippen molar-refractivity contribution in [2.75, 3.05) is 20.2 Å². The SMILES string of the molecule is COc1ccccc1-c1cnc(C(=O)N[C@@H]2C3CCN(CC3)[C@H]2C)s1. The van der Waals surface area contributed by atoms with Crippen molar-refractivity contribution in [2.24, 2.45) is 5.92 Å². The number of rotatable bonds is 4. The van der Waals surface area contributed by atoms with E-state index in [9.17, 15) is 4.79 Å². The van der Waals surface area contributed by atoms with Crippen molar-refractivity contribution in [3.05, 3.63) is 35.5 Å². The lowest BCUT2D eigenvalue weighted by Crippen LogP contribution is -2.62. The van der Waals surface area contributed by atoms with Crippen LogP contribution in [0.15, 0.2) is 30.5 Å². The Morgan fingerprint density at radius 2 is 2.08 bits per heavy atom. The first-order valence-electron chi connectivity index (χ1n) is 8.81. The van der Waals surface area contributed by atoms with E-state index in [1.807, 2.05) is 24.3 Å². The third kappa shape index (κ3) is 3.04. The van der Waals surface area contributed by atoms with Gasteiger partial charge < -0.3 is 10.1 Å². The monoisotopic (exact) mass is 357 g/mol. The highest BCUT2D eigenvalue weighted by molar-refractivity contribution is 7.17. The molecule has 1 N–H and O–H groups in total. The van der Waals surface area contributed by atoms with E-state index in [-0.39, 0.29) is 11.9 Å². The highest BCUT2D eigenvalue weighted by Crippen LogP contribution is 2.35. The van der Waals surface area contributed by atoms with Crippen molar-refractivity contribution in [3.8, 4) is 16.2 Å². The van der Waals surface area contributed by atoms with E-state index in [1.54, 1.807) is 13.3 Å². The quantitative estimate of drug-likeness (QED) is 0.914. The van der Waals surface area contributed by atoms with E-state index in [2.05, 4.69) is 22.1 Å². The molecule has 4 heterocycles. The summed E-state index contributed by atoms with van der Waals surface area (Å²) in [7, 11) is 1.66. The summed E-state index contributed by atoms with van der Waals surface area (Å²) >= 11 is 1.42. The van der Waals surface area contributed by atoms with Gasteiger partial charge in [0, 0.05) is 23.8 Å².